The summed E-state index contributed by atoms with van der Waals surface area (Å²) in [7, 11) is 1.64. The molecule has 118 valence electrons. The Morgan fingerprint density at radius 3 is 2.71 bits per heavy atom. The Labute approximate surface area is 131 Å². The van der Waals surface area contributed by atoms with E-state index < -0.39 is 5.97 Å². The minimum atomic E-state index is -0.723. The molecule has 0 heterocycles. The molecule has 0 saturated carbocycles. The molecule has 0 aliphatic rings. The molecular weight excluding hydrogens is 290 g/mol. The highest BCUT2D eigenvalue weighted by atomic mass is 35.5. The first kappa shape index (κ1) is 17.8. The van der Waals surface area contributed by atoms with Crippen molar-refractivity contribution in [2.75, 3.05) is 7.11 Å². The zero-order valence-corrected chi connectivity index (χ0v) is 13.6. The number of nitrogens with one attached hydrogen (secondary N) is 1. The summed E-state index contributed by atoms with van der Waals surface area (Å²) in [6.07, 6.45) is 2.55. The maximum absolute atomic E-state index is 10.7. The molecule has 0 saturated heterocycles. The molecule has 0 fully saturated rings. The number of halogens is 1. The monoisotopic (exact) mass is 313 g/mol. The number of rotatable bonds is 9. The highest BCUT2D eigenvalue weighted by Crippen LogP contribution is 2.22. The van der Waals surface area contributed by atoms with Crippen molar-refractivity contribution in [1.29, 1.82) is 0 Å². The molecule has 0 radical (unpaired) electrons. The zero-order valence-electron chi connectivity index (χ0n) is 12.9. The summed E-state index contributed by atoms with van der Waals surface area (Å²) >= 11 is 6.00. The number of methoxy groups -OCH3 is 1. The molecule has 2 N–H and O–H groups in total. The van der Waals surface area contributed by atoms with E-state index in [2.05, 4.69) is 12.2 Å². The second-order valence-corrected chi connectivity index (χ2v) is 5.84. The van der Waals surface area contributed by atoms with Crippen LogP contribution in [0.3, 0.4) is 0 Å². The number of benzene rings is 1. The van der Waals surface area contributed by atoms with Gasteiger partial charge in [0.25, 0.3) is 0 Å². The summed E-state index contributed by atoms with van der Waals surface area (Å²) in [5, 5.41) is 12.9. The largest absolute Gasteiger partial charge is 0.496 e. The lowest BCUT2D eigenvalue weighted by Gasteiger charge is -2.16. The van der Waals surface area contributed by atoms with Gasteiger partial charge in [-0.3, -0.25) is 4.79 Å². The molecular formula is C16H24ClNO3. The van der Waals surface area contributed by atoms with Gasteiger partial charge in [0.2, 0.25) is 0 Å². The quantitative estimate of drug-likeness (QED) is 0.729. The fraction of sp³-hybridized carbons (Fsp3) is 0.562. The van der Waals surface area contributed by atoms with Gasteiger partial charge in [-0.25, -0.2) is 0 Å². The van der Waals surface area contributed by atoms with Crippen LogP contribution in [0.25, 0.3) is 0 Å². The molecule has 0 bridgehead atoms. The van der Waals surface area contributed by atoms with Crippen molar-refractivity contribution in [3.05, 3.63) is 28.8 Å². The van der Waals surface area contributed by atoms with E-state index in [-0.39, 0.29) is 5.92 Å². The third-order valence-corrected chi connectivity index (χ3v) is 3.81. The molecule has 0 amide bonds. The molecule has 1 rings (SSSR count). The normalized spacial score (nSPS) is 13.7. The summed E-state index contributed by atoms with van der Waals surface area (Å²) in [5.74, 6) is -0.178. The molecule has 0 aliphatic carbocycles. The van der Waals surface area contributed by atoms with Crippen LogP contribution in [0.5, 0.6) is 5.75 Å². The van der Waals surface area contributed by atoms with Crippen LogP contribution in [0.4, 0.5) is 0 Å². The summed E-state index contributed by atoms with van der Waals surface area (Å²) in [4.78, 5) is 10.7. The van der Waals surface area contributed by atoms with Crippen LogP contribution in [-0.2, 0) is 11.3 Å². The van der Waals surface area contributed by atoms with E-state index in [0.29, 0.717) is 24.0 Å². The Balaban J connectivity index is 2.37. The van der Waals surface area contributed by atoms with Crippen LogP contribution in [0.1, 0.15) is 38.7 Å². The molecule has 1 aromatic rings. The number of hydrogen-bond donors (Lipinski definition) is 2. The summed E-state index contributed by atoms with van der Waals surface area (Å²) < 4.78 is 5.31. The van der Waals surface area contributed by atoms with E-state index in [4.69, 9.17) is 21.4 Å². The second-order valence-electron chi connectivity index (χ2n) is 5.41. The van der Waals surface area contributed by atoms with Crippen molar-refractivity contribution < 1.29 is 14.6 Å². The minimum Gasteiger partial charge on any atom is -0.496 e. The van der Waals surface area contributed by atoms with Crippen LogP contribution in [0, 0.1) is 5.92 Å². The molecule has 4 nitrogen and oxygen atoms in total. The molecule has 21 heavy (non-hydrogen) atoms. The van der Waals surface area contributed by atoms with E-state index in [0.717, 1.165) is 24.2 Å². The SMILES string of the molecule is COc1ccc(Cl)cc1CNC(C)CCCC(C)C(=O)O. The fourth-order valence-corrected chi connectivity index (χ4v) is 2.32. The zero-order chi connectivity index (χ0) is 15.8. The van der Waals surface area contributed by atoms with E-state index in [9.17, 15) is 4.79 Å². The van der Waals surface area contributed by atoms with Crippen molar-refractivity contribution in [3.8, 4) is 5.75 Å². The van der Waals surface area contributed by atoms with Crippen LogP contribution in [-0.4, -0.2) is 24.2 Å². The standard InChI is InChI=1S/C16H24ClNO3/c1-11(16(19)20)5-4-6-12(2)18-10-13-9-14(17)7-8-15(13)21-3/h7-9,11-12,18H,4-6,10H2,1-3H3,(H,19,20). The number of carboxylic acid groups (broad SMARTS) is 1. The van der Waals surface area contributed by atoms with Crippen molar-refractivity contribution in [3.63, 3.8) is 0 Å². The lowest BCUT2D eigenvalue weighted by Crippen LogP contribution is -2.26. The van der Waals surface area contributed by atoms with Gasteiger partial charge in [0, 0.05) is 23.2 Å². The van der Waals surface area contributed by atoms with Gasteiger partial charge in [-0.1, -0.05) is 24.9 Å². The van der Waals surface area contributed by atoms with E-state index >= 15 is 0 Å². The third-order valence-electron chi connectivity index (χ3n) is 3.58. The lowest BCUT2D eigenvalue weighted by atomic mass is 10.0. The fourth-order valence-electron chi connectivity index (χ4n) is 2.13. The molecule has 0 aliphatic heterocycles. The van der Waals surface area contributed by atoms with E-state index in [1.165, 1.54) is 0 Å². The van der Waals surface area contributed by atoms with Crippen LogP contribution in [0.15, 0.2) is 18.2 Å². The first-order chi connectivity index (χ1) is 9.93. The van der Waals surface area contributed by atoms with Crippen LogP contribution < -0.4 is 10.1 Å². The van der Waals surface area contributed by atoms with Gasteiger partial charge in [-0.15, -0.1) is 0 Å². The predicted octanol–water partition coefficient (Wildman–Crippen LogP) is 3.72. The minimum absolute atomic E-state index is 0.273. The molecule has 2 atom stereocenters. The Hall–Kier alpha value is -1.26. The smallest absolute Gasteiger partial charge is 0.306 e. The summed E-state index contributed by atoms with van der Waals surface area (Å²) in [6, 6.07) is 5.88. The molecule has 2 unspecified atom stereocenters. The highest BCUT2D eigenvalue weighted by Gasteiger charge is 2.11. The summed E-state index contributed by atoms with van der Waals surface area (Å²) in [6.45, 7) is 4.53. The Bertz CT molecular complexity index is 465. The predicted molar refractivity (Wildman–Crippen MR) is 85.0 cm³/mol. The number of hydrogen-bond acceptors (Lipinski definition) is 3. The third kappa shape index (κ3) is 6.36. The number of carboxylic acids is 1. The van der Waals surface area contributed by atoms with Crippen LogP contribution >= 0.6 is 11.6 Å². The molecule has 0 aromatic heterocycles. The molecule has 5 heteroatoms. The van der Waals surface area contributed by atoms with Crippen molar-refractivity contribution in [2.24, 2.45) is 5.92 Å². The highest BCUT2D eigenvalue weighted by molar-refractivity contribution is 6.30. The maximum atomic E-state index is 10.7. The maximum Gasteiger partial charge on any atom is 0.306 e. The first-order valence-corrected chi connectivity index (χ1v) is 7.60. The van der Waals surface area contributed by atoms with Gasteiger partial charge < -0.3 is 15.2 Å². The Kier molecular flexibility index (Phi) is 7.54. The van der Waals surface area contributed by atoms with Crippen molar-refractivity contribution >= 4 is 17.6 Å². The van der Waals surface area contributed by atoms with Gasteiger partial charge >= 0.3 is 5.97 Å². The lowest BCUT2D eigenvalue weighted by molar-refractivity contribution is -0.141. The van der Waals surface area contributed by atoms with Gasteiger partial charge in [0.05, 0.1) is 13.0 Å². The summed E-state index contributed by atoms with van der Waals surface area (Å²) in [5.41, 5.74) is 1.02. The first-order valence-electron chi connectivity index (χ1n) is 7.22. The van der Waals surface area contributed by atoms with Crippen molar-refractivity contribution in [2.45, 2.75) is 45.7 Å². The van der Waals surface area contributed by atoms with Gasteiger partial charge in [0.1, 0.15) is 5.75 Å². The number of ether oxygens (including phenoxy) is 1. The van der Waals surface area contributed by atoms with Gasteiger partial charge in [-0.2, -0.15) is 0 Å². The van der Waals surface area contributed by atoms with E-state index in [1.54, 1.807) is 20.1 Å². The Morgan fingerprint density at radius 1 is 1.38 bits per heavy atom. The molecule has 1 aromatic carbocycles. The number of aliphatic carboxylic acids is 1. The molecule has 0 spiro atoms. The van der Waals surface area contributed by atoms with Gasteiger partial charge in [-0.05, 0) is 38.0 Å². The van der Waals surface area contributed by atoms with E-state index in [1.807, 2.05) is 12.1 Å². The topological polar surface area (TPSA) is 58.6 Å². The average Bonchev–Trinajstić information content (AvgIpc) is 2.45. The average molecular weight is 314 g/mol. The Morgan fingerprint density at radius 2 is 2.10 bits per heavy atom. The number of carbonyl (C=O) groups is 1. The van der Waals surface area contributed by atoms with Crippen LogP contribution in [0.2, 0.25) is 5.02 Å². The van der Waals surface area contributed by atoms with Crippen molar-refractivity contribution in [1.82, 2.24) is 5.32 Å². The second kappa shape index (κ2) is 8.90. The van der Waals surface area contributed by atoms with Gasteiger partial charge in [0.15, 0.2) is 0 Å².